The molecule has 2 atom stereocenters. The molecular weight excluding hydrogens is 643 g/mol. The van der Waals surface area contributed by atoms with Crippen LogP contribution in [0.2, 0.25) is 10.0 Å². The summed E-state index contributed by atoms with van der Waals surface area (Å²) in [7, 11) is 8.25. The summed E-state index contributed by atoms with van der Waals surface area (Å²) in [6.45, 7) is 4.64. The summed E-state index contributed by atoms with van der Waals surface area (Å²) in [5.74, 6) is -2.93. The molecule has 4 rings (SSSR count). The van der Waals surface area contributed by atoms with Gasteiger partial charge in [-0.2, -0.15) is 0 Å². The summed E-state index contributed by atoms with van der Waals surface area (Å²) in [6.07, 6.45) is 1.68. The molecule has 0 aromatic heterocycles. The highest BCUT2D eigenvalue weighted by molar-refractivity contribution is 6.36. The van der Waals surface area contributed by atoms with Crippen molar-refractivity contribution in [2.75, 3.05) is 74.7 Å². The van der Waals surface area contributed by atoms with Crippen LogP contribution >= 0.6 is 23.2 Å². The van der Waals surface area contributed by atoms with Gasteiger partial charge in [-0.1, -0.05) is 47.5 Å². The lowest BCUT2D eigenvalue weighted by molar-refractivity contribution is -0.143. The number of rotatable bonds is 13. The maximum absolute atomic E-state index is 13.8. The highest BCUT2D eigenvalue weighted by Gasteiger charge is 2.46. The van der Waals surface area contributed by atoms with Gasteiger partial charge in [0.1, 0.15) is 11.7 Å². The Morgan fingerprint density at radius 3 is 2.21 bits per heavy atom. The van der Waals surface area contributed by atoms with E-state index in [0.717, 1.165) is 38.2 Å². The molecule has 2 aromatic carbocycles. The van der Waals surface area contributed by atoms with Gasteiger partial charge in [0.15, 0.2) is 0 Å². The number of allylic oxidation sites excluding steroid dienone is 1. The zero-order valence-electron chi connectivity index (χ0n) is 27.8. The van der Waals surface area contributed by atoms with Gasteiger partial charge in [-0.3, -0.25) is 19.5 Å². The Kier molecular flexibility index (Phi) is 13.2. The van der Waals surface area contributed by atoms with Crippen LogP contribution in [0.5, 0.6) is 5.75 Å². The summed E-state index contributed by atoms with van der Waals surface area (Å²) in [6, 6.07) is 12.6. The molecule has 0 saturated carbocycles. The first-order valence-electron chi connectivity index (χ1n) is 15.8. The fourth-order valence-electron chi connectivity index (χ4n) is 6.32. The molecule has 0 spiro atoms. The molecule has 0 radical (unpaired) electrons. The van der Waals surface area contributed by atoms with Crippen molar-refractivity contribution in [3.63, 3.8) is 0 Å². The second-order valence-corrected chi connectivity index (χ2v) is 12.8. The van der Waals surface area contributed by atoms with E-state index in [2.05, 4.69) is 23.9 Å². The maximum Gasteiger partial charge on any atom is 0.336 e. The van der Waals surface area contributed by atoms with Gasteiger partial charge >= 0.3 is 11.9 Å². The van der Waals surface area contributed by atoms with Gasteiger partial charge in [0, 0.05) is 47.9 Å². The van der Waals surface area contributed by atoms with Crippen LogP contribution in [-0.4, -0.2) is 113 Å². The average molecular weight is 688 g/mol. The Morgan fingerprint density at radius 2 is 1.60 bits per heavy atom. The van der Waals surface area contributed by atoms with Gasteiger partial charge in [-0.15, -0.1) is 0 Å². The Bertz CT molecular complexity index is 1480. The van der Waals surface area contributed by atoms with E-state index in [-0.39, 0.29) is 27.9 Å². The lowest BCUT2D eigenvalue weighted by Crippen LogP contribution is -2.50. The number of carbonyl (C=O) groups is 3. The minimum absolute atomic E-state index is 0.133. The number of para-hydroxylation sites is 1. The van der Waals surface area contributed by atoms with E-state index in [1.165, 1.54) is 14.2 Å². The molecule has 254 valence electrons. The largest absolute Gasteiger partial charge is 0.496 e. The highest BCUT2D eigenvalue weighted by Crippen LogP contribution is 2.46. The molecule has 2 unspecified atom stereocenters. The number of aryl methyl sites for hydroxylation is 1. The molecule has 2 aliphatic heterocycles. The Labute approximate surface area is 287 Å². The van der Waals surface area contributed by atoms with Crippen LogP contribution in [0.1, 0.15) is 36.3 Å². The van der Waals surface area contributed by atoms with Crippen molar-refractivity contribution in [1.29, 1.82) is 0 Å². The second-order valence-electron chi connectivity index (χ2n) is 11.9. The topological polar surface area (TPSA) is 101 Å². The van der Waals surface area contributed by atoms with E-state index >= 15 is 0 Å². The van der Waals surface area contributed by atoms with Crippen LogP contribution in [0.4, 0.5) is 0 Å². The molecule has 12 heteroatoms. The van der Waals surface area contributed by atoms with E-state index in [1.807, 2.05) is 29.2 Å². The molecule has 1 fully saturated rings. The number of amides is 1. The van der Waals surface area contributed by atoms with E-state index in [9.17, 15) is 14.4 Å². The predicted molar refractivity (Wildman–Crippen MR) is 183 cm³/mol. The number of halogens is 2. The number of carbonyl (C=O) groups excluding carboxylic acids is 3. The van der Waals surface area contributed by atoms with Crippen LogP contribution in [0.15, 0.2) is 58.7 Å². The highest BCUT2D eigenvalue weighted by atomic mass is 35.5. The molecule has 10 nitrogen and oxygen atoms in total. The third-order valence-electron chi connectivity index (χ3n) is 8.72. The van der Waals surface area contributed by atoms with Crippen LogP contribution in [0.3, 0.4) is 0 Å². The lowest BCUT2D eigenvalue weighted by Gasteiger charge is -2.37. The summed E-state index contributed by atoms with van der Waals surface area (Å²) < 4.78 is 16.1. The van der Waals surface area contributed by atoms with E-state index in [1.54, 1.807) is 25.3 Å². The van der Waals surface area contributed by atoms with Crippen molar-refractivity contribution in [2.45, 2.75) is 31.6 Å². The molecule has 2 aliphatic rings. The Hall–Kier alpha value is -3.44. The van der Waals surface area contributed by atoms with Crippen molar-refractivity contribution >= 4 is 46.8 Å². The number of hydrogen-bond acceptors (Lipinski definition) is 9. The lowest BCUT2D eigenvalue weighted by atomic mass is 9.73. The number of benzene rings is 2. The summed E-state index contributed by atoms with van der Waals surface area (Å²) >= 11 is 13.5. The zero-order valence-corrected chi connectivity index (χ0v) is 29.3. The first kappa shape index (κ1) is 36.4. The van der Waals surface area contributed by atoms with Crippen molar-refractivity contribution in [2.24, 2.45) is 10.9 Å². The van der Waals surface area contributed by atoms with Crippen molar-refractivity contribution in [1.82, 2.24) is 14.7 Å². The fraction of sp³-hybridized carbons (Fsp3) is 0.486. The van der Waals surface area contributed by atoms with E-state index in [4.69, 9.17) is 42.4 Å². The Morgan fingerprint density at radius 1 is 0.915 bits per heavy atom. The predicted octanol–water partition coefficient (Wildman–Crippen LogP) is 4.88. The Balaban J connectivity index is 1.74. The van der Waals surface area contributed by atoms with Crippen LogP contribution in [0, 0.1) is 5.92 Å². The third kappa shape index (κ3) is 8.93. The van der Waals surface area contributed by atoms with E-state index < -0.39 is 23.8 Å². The second kappa shape index (κ2) is 17.1. The zero-order chi connectivity index (χ0) is 34.1. The monoisotopic (exact) mass is 686 g/mol. The van der Waals surface area contributed by atoms with Crippen molar-refractivity contribution in [3.05, 3.63) is 74.9 Å². The number of ether oxygens (including phenoxy) is 3. The number of piperazine rings is 1. The van der Waals surface area contributed by atoms with Gasteiger partial charge in [0.25, 0.3) is 0 Å². The summed E-state index contributed by atoms with van der Waals surface area (Å²) in [4.78, 5) is 52.3. The van der Waals surface area contributed by atoms with Gasteiger partial charge in [0.05, 0.1) is 39.0 Å². The normalized spacial score (nSPS) is 18.6. The molecule has 0 bridgehead atoms. The number of esters is 2. The summed E-state index contributed by atoms with van der Waals surface area (Å²) in [5.41, 5.74) is 2.10. The fourth-order valence-corrected chi connectivity index (χ4v) is 6.95. The van der Waals surface area contributed by atoms with Crippen LogP contribution in [0.25, 0.3) is 0 Å². The first-order valence-corrected chi connectivity index (χ1v) is 16.5. The minimum Gasteiger partial charge on any atom is -0.496 e. The van der Waals surface area contributed by atoms with Gasteiger partial charge in [0.2, 0.25) is 5.91 Å². The molecule has 0 aliphatic carbocycles. The smallest absolute Gasteiger partial charge is 0.336 e. The molecule has 2 heterocycles. The molecule has 2 aromatic rings. The number of hydrogen-bond donors (Lipinski definition) is 0. The average Bonchev–Trinajstić information content (AvgIpc) is 3.06. The number of methoxy groups -OCH3 is 3. The summed E-state index contributed by atoms with van der Waals surface area (Å²) in [5, 5.41) is 0.527. The maximum atomic E-state index is 13.8. The molecule has 1 saturated heterocycles. The molecule has 0 N–H and O–H groups in total. The van der Waals surface area contributed by atoms with Crippen LogP contribution in [-0.2, 0) is 30.3 Å². The minimum atomic E-state index is -1.14. The third-order valence-corrected chi connectivity index (χ3v) is 9.38. The van der Waals surface area contributed by atoms with Gasteiger partial charge < -0.3 is 24.0 Å². The molecule has 1 amide bonds. The van der Waals surface area contributed by atoms with Crippen molar-refractivity contribution < 1.29 is 28.6 Å². The SMILES string of the molecule is COC(=O)C1=C(CCc2ccccc2OC)N=C(CC(=O)N2CCN(CCCN(C)C)CC2)C(C(=O)OC)C1c1c(Cl)cccc1Cl. The molecular formula is C35H44Cl2N4O6. The standard InChI is InChI=1S/C35H44Cl2N4O6/c1-39(2)16-9-17-40-18-20-41(21-19-40)29(42)22-27-32(35(44)47-5)33(30-24(36)11-8-12-25(30)37)31(34(43)46-4)26(38-27)15-14-23-10-6-7-13-28(23)45-3/h6-8,10-13,32-33H,9,14-22H2,1-5H3. The number of aliphatic imine (C=N–C) groups is 1. The van der Waals surface area contributed by atoms with Gasteiger partial charge in [-0.25, -0.2) is 4.79 Å². The quantitative estimate of drug-likeness (QED) is 0.275. The van der Waals surface area contributed by atoms with E-state index in [0.29, 0.717) is 48.7 Å². The number of nitrogens with zero attached hydrogens (tertiary/aromatic N) is 4. The first-order chi connectivity index (χ1) is 22.6. The molecule has 47 heavy (non-hydrogen) atoms. The van der Waals surface area contributed by atoms with Crippen LogP contribution < -0.4 is 4.74 Å². The van der Waals surface area contributed by atoms with Gasteiger partial charge in [-0.05, 0) is 75.8 Å². The van der Waals surface area contributed by atoms with Crippen molar-refractivity contribution in [3.8, 4) is 5.75 Å².